The van der Waals surface area contributed by atoms with E-state index in [0.717, 1.165) is 50.2 Å². The molecule has 0 N–H and O–H groups in total. The summed E-state index contributed by atoms with van der Waals surface area (Å²) in [6.45, 7) is 0. The van der Waals surface area contributed by atoms with Crippen LogP contribution in [0.1, 0.15) is 0 Å². The molecule has 0 radical (unpaired) electrons. The van der Waals surface area contributed by atoms with Gasteiger partial charge < -0.3 is 13.9 Å². The number of para-hydroxylation sites is 2. The highest BCUT2D eigenvalue weighted by Crippen LogP contribution is 2.47. The standard InChI is InChI=1S/C46H30N2O/c1-3-13-31(14-4-1)32-25-27-36(28-26-32)48(42-23-12-24-43-46(42)38-29-33-15-7-8-16-34(33)30-44(38)49-43)41-22-11-21-40-45(41)37-19-9-10-20-39(37)47(40)35-17-5-2-6-18-35/h1-30H. The van der Waals surface area contributed by atoms with Crippen molar-refractivity contribution in [3.05, 3.63) is 182 Å². The Hall–Kier alpha value is -6.58. The van der Waals surface area contributed by atoms with Crippen molar-refractivity contribution in [1.29, 1.82) is 0 Å². The van der Waals surface area contributed by atoms with Gasteiger partial charge in [-0.05, 0) is 88.6 Å². The highest BCUT2D eigenvalue weighted by atomic mass is 16.3. The number of benzene rings is 8. The minimum Gasteiger partial charge on any atom is -0.456 e. The molecule has 0 bridgehead atoms. The second-order valence-electron chi connectivity index (χ2n) is 12.6. The van der Waals surface area contributed by atoms with Crippen LogP contribution in [0.2, 0.25) is 0 Å². The zero-order valence-corrected chi connectivity index (χ0v) is 26.6. The first-order chi connectivity index (χ1) is 24.3. The van der Waals surface area contributed by atoms with Gasteiger partial charge in [-0.1, -0.05) is 115 Å². The lowest BCUT2D eigenvalue weighted by atomic mass is 10.0. The summed E-state index contributed by atoms with van der Waals surface area (Å²) in [5.74, 6) is 0. The molecule has 0 aliphatic rings. The third-order valence-corrected chi connectivity index (χ3v) is 9.75. The molecule has 230 valence electrons. The third kappa shape index (κ3) is 4.37. The minimum atomic E-state index is 0.868. The highest BCUT2D eigenvalue weighted by molar-refractivity contribution is 6.20. The van der Waals surface area contributed by atoms with Crippen LogP contribution in [-0.4, -0.2) is 4.57 Å². The summed E-state index contributed by atoms with van der Waals surface area (Å²) in [6, 6.07) is 64.9. The molecule has 0 aliphatic carbocycles. The van der Waals surface area contributed by atoms with Gasteiger partial charge in [-0.25, -0.2) is 0 Å². The Morgan fingerprint density at radius 1 is 0.408 bits per heavy atom. The molecular formula is C46H30N2O. The Morgan fingerprint density at radius 2 is 1.02 bits per heavy atom. The molecule has 0 saturated carbocycles. The van der Waals surface area contributed by atoms with Crippen molar-refractivity contribution in [3.8, 4) is 16.8 Å². The van der Waals surface area contributed by atoms with E-state index in [1.165, 1.54) is 38.2 Å². The van der Waals surface area contributed by atoms with Gasteiger partial charge in [-0.2, -0.15) is 0 Å². The summed E-state index contributed by atoms with van der Waals surface area (Å²) in [4.78, 5) is 2.42. The maximum absolute atomic E-state index is 6.59. The van der Waals surface area contributed by atoms with Gasteiger partial charge in [0, 0.05) is 27.5 Å². The van der Waals surface area contributed by atoms with Crippen LogP contribution in [0.5, 0.6) is 0 Å². The fourth-order valence-corrected chi connectivity index (χ4v) is 7.56. The summed E-state index contributed by atoms with van der Waals surface area (Å²) < 4.78 is 8.97. The Balaban J connectivity index is 1.29. The first-order valence-electron chi connectivity index (χ1n) is 16.7. The maximum Gasteiger partial charge on any atom is 0.137 e. The topological polar surface area (TPSA) is 21.3 Å². The summed E-state index contributed by atoms with van der Waals surface area (Å²) in [5, 5.41) is 6.97. The first-order valence-corrected chi connectivity index (χ1v) is 16.7. The molecule has 8 aromatic carbocycles. The quantitative estimate of drug-likeness (QED) is 0.190. The number of aromatic nitrogens is 1. The summed E-state index contributed by atoms with van der Waals surface area (Å²) >= 11 is 0. The zero-order chi connectivity index (χ0) is 32.3. The van der Waals surface area contributed by atoms with Gasteiger partial charge in [0.2, 0.25) is 0 Å². The van der Waals surface area contributed by atoms with Gasteiger partial charge in [0.25, 0.3) is 0 Å². The lowest BCUT2D eigenvalue weighted by molar-refractivity contribution is 0.669. The molecule has 0 atom stereocenters. The lowest BCUT2D eigenvalue weighted by Crippen LogP contribution is -2.11. The van der Waals surface area contributed by atoms with Gasteiger partial charge in [0.15, 0.2) is 0 Å². The average molecular weight is 627 g/mol. The molecule has 0 aliphatic heterocycles. The molecule has 3 heteroatoms. The Labute approximate surface area is 283 Å². The molecule has 0 spiro atoms. The molecule has 10 rings (SSSR count). The van der Waals surface area contributed by atoms with Crippen LogP contribution >= 0.6 is 0 Å². The molecule has 49 heavy (non-hydrogen) atoms. The van der Waals surface area contributed by atoms with Crippen LogP contribution in [0.25, 0.3) is 71.3 Å². The number of hydrogen-bond acceptors (Lipinski definition) is 2. The van der Waals surface area contributed by atoms with Crippen molar-refractivity contribution in [2.24, 2.45) is 0 Å². The van der Waals surface area contributed by atoms with Crippen molar-refractivity contribution < 1.29 is 4.42 Å². The average Bonchev–Trinajstić information content (AvgIpc) is 3.71. The number of fused-ring (bicyclic) bond motifs is 7. The zero-order valence-electron chi connectivity index (χ0n) is 26.6. The number of hydrogen-bond donors (Lipinski definition) is 0. The van der Waals surface area contributed by atoms with Crippen LogP contribution in [0.4, 0.5) is 17.1 Å². The number of furan rings is 1. The lowest BCUT2D eigenvalue weighted by Gasteiger charge is -2.27. The second-order valence-corrected chi connectivity index (χ2v) is 12.6. The van der Waals surface area contributed by atoms with E-state index in [4.69, 9.17) is 4.42 Å². The van der Waals surface area contributed by atoms with E-state index in [1.54, 1.807) is 0 Å². The van der Waals surface area contributed by atoms with E-state index in [-0.39, 0.29) is 0 Å². The van der Waals surface area contributed by atoms with Crippen LogP contribution in [-0.2, 0) is 0 Å². The summed E-state index contributed by atoms with van der Waals surface area (Å²) in [5.41, 5.74) is 10.9. The number of anilines is 3. The van der Waals surface area contributed by atoms with E-state index < -0.39 is 0 Å². The van der Waals surface area contributed by atoms with Crippen molar-refractivity contribution >= 4 is 71.6 Å². The van der Waals surface area contributed by atoms with Gasteiger partial charge >= 0.3 is 0 Å². The molecule has 10 aromatic rings. The predicted molar refractivity (Wildman–Crippen MR) is 206 cm³/mol. The van der Waals surface area contributed by atoms with E-state index in [0.29, 0.717) is 0 Å². The van der Waals surface area contributed by atoms with E-state index in [9.17, 15) is 0 Å². The highest BCUT2D eigenvalue weighted by Gasteiger charge is 2.24. The molecule has 2 heterocycles. The number of nitrogens with zero attached hydrogens (tertiary/aromatic N) is 2. The van der Waals surface area contributed by atoms with Crippen LogP contribution < -0.4 is 4.90 Å². The maximum atomic E-state index is 6.59. The predicted octanol–water partition coefficient (Wildman–Crippen LogP) is 13.0. The van der Waals surface area contributed by atoms with Crippen molar-refractivity contribution in [3.63, 3.8) is 0 Å². The smallest absolute Gasteiger partial charge is 0.137 e. The van der Waals surface area contributed by atoms with Gasteiger partial charge in [0.05, 0.1) is 27.8 Å². The second kappa shape index (κ2) is 11.0. The number of rotatable bonds is 5. The van der Waals surface area contributed by atoms with Crippen LogP contribution in [0, 0.1) is 0 Å². The molecule has 0 fully saturated rings. The van der Waals surface area contributed by atoms with E-state index >= 15 is 0 Å². The van der Waals surface area contributed by atoms with Crippen LogP contribution in [0.15, 0.2) is 186 Å². The molecule has 0 amide bonds. The van der Waals surface area contributed by atoms with E-state index in [1.807, 2.05) is 0 Å². The normalized spacial score (nSPS) is 11.7. The Kier molecular flexibility index (Phi) is 6.18. The van der Waals surface area contributed by atoms with Gasteiger partial charge in [0.1, 0.15) is 11.2 Å². The fraction of sp³-hybridized carbons (Fsp3) is 0. The van der Waals surface area contributed by atoms with Crippen LogP contribution in [0.3, 0.4) is 0 Å². The molecule has 0 saturated heterocycles. The largest absolute Gasteiger partial charge is 0.456 e. The Bertz CT molecular complexity index is 2810. The van der Waals surface area contributed by atoms with E-state index in [2.05, 4.69) is 191 Å². The SMILES string of the molecule is c1ccc(-c2ccc(N(c3cccc4oc5cc6ccccc6cc5c34)c3cccc4c3c3ccccc3n4-c3ccccc3)cc2)cc1. The first kappa shape index (κ1) is 27.5. The molecule has 2 aromatic heterocycles. The van der Waals surface area contributed by atoms with Crippen molar-refractivity contribution in [1.82, 2.24) is 4.57 Å². The summed E-state index contributed by atoms with van der Waals surface area (Å²) in [6.07, 6.45) is 0. The molecule has 3 nitrogen and oxygen atoms in total. The van der Waals surface area contributed by atoms with Crippen molar-refractivity contribution in [2.75, 3.05) is 4.90 Å². The minimum absolute atomic E-state index is 0.868. The molecule has 0 unspecified atom stereocenters. The molecular weight excluding hydrogens is 597 g/mol. The van der Waals surface area contributed by atoms with Crippen molar-refractivity contribution in [2.45, 2.75) is 0 Å². The monoisotopic (exact) mass is 626 g/mol. The van der Waals surface area contributed by atoms with Gasteiger partial charge in [-0.3, -0.25) is 0 Å². The van der Waals surface area contributed by atoms with Gasteiger partial charge in [-0.15, -0.1) is 0 Å². The summed E-state index contributed by atoms with van der Waals surface area (Å²) in [7, 11) is 0. The third-order valence-electron chi connectivity index (χ3n) is 9.75. The fourth-order valence-electron chi connectivity index (χ4n) is 7.56. The Morgan fingerprint density at radius 3 is 1.82 bits per heavy atom.